The van der Waals surface area contributed by atoms with Crippen LogP contribution in [0, 0.1) is 5.92 Å². The van der Waals surface area contributed by atoms with E-state index in [1.54, 1.807) is 11.1 Å². The Morgan fingerprint density at radius 2 is 1.83 bits per heavy atom. The van der Waals surface area contributed by atoms with Gasteiger partial charge in [0, 0.05) is 7.05 Å². The summed E-state index contributed by atoms with van der Waals surface area (Å²) in [5.41, 5.74) is 6.24. The van der Waals surface area contributed by atoms with Gasteiger partial charge in [-0.1, -0.05) is 19.1 Å². The number of rotatable bonds is 1. The quantitative estimate of drug-likeness (QED) is 0.427. The summed E-state index contributed by atoms with van der Waals surface area (Å²) in [7, 11) is 1.82. The van der Waals surface area contributed by atoms with E-state index in [4.69, 9.17) is 12.6 Å². The fraction of sp³-hybridized carbons (Fsp3) is 0.562. The smallest absolute Gasteiger partial charge is 0.0255 e. The molecule has 1 aromatic carbocycles. The van der Waals surface area contributed by atoms with Crippen molar-refractivity contribution in [3.05, 3.63) is 34.4 Å². The SMILES string of the molecule is CN=C([S-])C1Cc2cc3c(cc2C1C)CCCC3. The van der Waals surface area contributed by atoms with Gasteiger partial charge in [0.05, 0.1) is 0 Å². The molecule has 18 heavy (non-hydrogen) atoms. The average Bonchev–Trinajstić information content (AvgIpc) is 2.72. The Labute approximate surface area is 115 Å². The van der Waals surface area contributed by atoms with Crippen LogP contribution in [0.15, 0.2) is 17.1 Å². The maximum atomic E-state index is 5.41. The lowest BCUT2D eigenvalue weighted by Gasteiger charge is -2.23. The Hall–Kier alpha value is -0.890. The highest BCUT2D eigenvalue weighted by molar-refractivity contribution is 7.77. The number of nitrogens with zero attached hydrogens (tertiary/aromatic N) is 1. The Kier molecular flexibility index (Phi) is 3.14. The van der Waals surface area contributed by atoms with E-state index < -0.39 is 0 Å². The molecule has 1 aromatic rings. The molecule has 0 heterocycles. The van der Waals surface area contributed by atoms with Gasteiger partial charge < -0.3 is 17.6 Å². The number of benzene rings is 1. The minimum atomic E-state index is 0.448. The molecule has 3 rings (SSSR count). The van der Waals surface area contributed by atoms with E-state index in [-0.39, 0.29) is 0 Å². The average molecular weight is 258 g/mol. The summed E-state index contributed by atoms with van der Waals surface area (Å²) in [5, 5.41) is 0.900. The standard InChI is InChI=1S/C16H21NS/c1-10-14-8-12-6-4-3-5-11(12)7-13(14)9-15(10)16(18)17-2/h7-8,10,15H,3-6,9H2,1-2H3,(H,17,18)/p-1. The van der Waals surface area contributed by atoms with E-state index in [2.05, 4.69) is 24.0 Å². The summed E-state index contributed by atoms with van der Waals surface area (Å²) in [6.45, 7) is 2.31. The maximum Gasteiger partial charge on any atom is 0.0255 e. The van der Waals surface area contributed by atoms with E-state index in [1.807, 2.05) is 7.05 Å². The van der Waals surface area contributed by atoms with Crippen molar-refractivity contribution in [2.75, 3.05) is 7.05 Å². The Balaban J connectivity index is 2.00. The predicted molar refractivity (Wildman–Crippen MR) is 79.4 cm³/mol. The fourth-order valence-corrected chi connectivity index (χ4v) is 3.84. The minimum Gasteiger partial charge on any atom is -0.765 e. The van der Waals surface area contributed by atoms with Gasteiger partial charge >= 0.3 is 0 Å². The van der Waals surface area contributed by atoms with Gasteiger partial charge in [0.2, 0.25) is 0 Å². The molecule has 0 aromatic heterocycles. The minimum absolute atomic E-state index is 0.448. The summed E-state index contributed by atoms with van der Waals surface area (Å²) in [5.74, 6) is 0.993. The Morgan fingerprint density at radius 1 is 1.17 bits per heavy atom. The zero-order chi connectivity index (χ0) is 12.7. The lowest BCUT2D eigenvalue weighted by atomic mass is 9.87. The van der Waals surface area contributed by atoms with Gasteiger partial charge in [0.25, 0.3) is 0 Å². The van der Waals surface area contributed by atoms with Crippen LogP contribution in [0.3, 0.4) is 0 Å². The highest BCUT2D eigenvalue weighted by Gasteiger charge is 2.29. The molecule has 2 unspecified atom stereocenters. The summed E-state index contributed by atoms with van der Waals surface area (Å²) in [6.07, 6.45) is 6.34. The molecule has 2 heteroatoms. The van der Waals surface area contributed by atoms with Crippen LogP contribution in [0.25, 0.3) is 0 Å². The molecule has 0 spiro atoms. The molecule has 0 aliphatic heterocycles. The van der Waals surface area contributed by atoms with Gasteiger partial charge in [-0.2, -0.15) is 0 Å². The lowest BCUT2D eigenvalue weighted by molar-refractivity contribution is 0.633. The van der Waals surface area contributed by atoms with Gasteiger partial charge in [-0.3, -0.25) is 0 Å². The summed E-state index contributed by atoms with van der Waals surface area (Å²) in [6, 6.07) is 4.92. The van der Waals surface area contributed by atoms with Crippen molar-refractivity contribution in [2.45, 2.75) is 44.9 Å². The number of hydrogen-bond donors (Lipinski definition) is 0. The van der Waals surface area contributed by atoms with E-state index in [1.165, 1.54) is 36.8 Å². The molecule has 0 bridgehead atoms. The Morgan fingerprint density at radius 3 is 2.50 bits per heavy atom. The van der Waals surface area contributed by atoms with Crippen LogP contribution in [0.1, 0.15) is 47.9 Å². The van der Waals surface area contributed by atoms with Crippen molar-refractivity contribution in [3.8, 4) is 0 Å². The van der Waals surface area contributed by atoms with E-state index in [0.29, 0.717) is 11.8 Å². The van der Waals surface area contributed by atoms with Crippen molar-refractivity contribution in [1.82, 2.24) is 0 Å². The molecule has 0 radical (unpaired) electrons. The van der Waals surface area contributed by atoms with Gasteiger partial charge in [-0.15, -0.1) is 5.04 Å². The third kappa shape index (κ3) is 1.87. The monoisotopic (exact) mass is 258 g/mol. The van der Waals surface area contributed by atoms with Crippen LogP contribution >= 0.6 is 0 Å². The van der Waals surface area contributed by atoms with Crippen LogP contribution in [-0.4, -0.2) is 12.1 Å². The van der Waals surface area contributed by atoms with E-state index in [0.717, 1.165) is 11.5 Å². The first-order valence-corrected chi connectivity index (χ1v) is 7.39. The molecule has 2 aliphatic carbocycles. The molecule has 0 amide bonds. The summed E-state index contributed by atoms with van der Waals surface area (Å²) < 4.78 is 0. The maximum absolute atomic E-state index is 5.41. The van der Waals surface area contributed by atoms with Crippen molar-refractivity contribution >= 4 is 17.7 Å². The first-order chi connectivity index (χ1) is 8.70. The number of aryl methyl sites for hydroxylation is 2. The van der Waals surface area contributed by atoms with Crippen LogP contribution < -0.4 is 0 Å². The van der Waals surface area contributed by atoms with Crippen molar-refractivity contribution in [2.24, 2.45) is 10.9 Å². The lowest BCUT2D eigenvalue weighted by Crippen LogP contribution is -2.15. The number of fused-ring (bicyclic) bond motifs is 2. The molecule has 1 nitrogen and oxygen atoms in total. The van der Waals surface area contributed by atoms with Crippen molar-refractivity contribution in [3.63, 3.8) is 0 Å². The topological polar surface area (TPSA) is 12.4 Å². The summed E-state index contributed by atoms with van der Waals surface area (Å²) >= 11 is 5.41. The first-order valence-electron chi connectivity index (χ1n) is 6.99. The summed E-state index contributed by atoms with van der Waals surface area (Å²) in [4.78, 5) is 4.23. The molecule has 0 N–H and O–H groups in total. The highest BCUT2D eigenvalue weighted by atomic mass is 32.1. The first kappa shape index (κ1) is 12.2. The molecule has 0 saturated heterocycles. The van der Waals surface area contributed by atoms with Crippen LogP contribution in [0.2, 0.25) is 0 Å². The second kappa shape index (κ2) is 4.65. The second-order valence-corrected chi connectivity index (χ2v) is 6.11. The zero-order valence-corrected chi connectivity index (χ0v) is 12.0. The van der Waals surface area contributed by atoms with Gasteiger partial charge in [-0.25, -0.2) is 0 Å². The van der Waals surface area contributed by atoms with E-state index in [9.17, 15) is 0 Å². The second-order valence-electron chi connectivity index (χ2n) is 5.69. The van der Waals surface area contributed by atoms with Crippen LogP contribution in [0.4, 0.5) is 0 Å². The highest BCUT2D eigenvalue weighted by Crippen LogP contribution is 2.40. The third-order valence-electron chi connectivity index (χ3n) is 4.68. The molecule has 2 aliphatic rings. The van der Waals surface area contributed by atoms with Gasteiger partial charge in [0.15, 0.2) is 0 Å². The molecular weight excluding hydrogens is 238 g/mol. The fourth-order valence-electron chi connectivity index (χ4n) is 3.55. The number of aliphatic imine (C=N–C) groups is 1. The zero-order valence-electron chi connectivity index (χ0n) is 11.2. The molecule has 96 valence electrons. The van der Waals surface area contributed by atoms with Gasteiger partial charge in [0.1, 0.15) is 0 Å². The number of hydrogen-bond acceptors (Lipinski definition) is 2. The van der Waals surface area contributed by atoms with Crippen LogP contribution in [0.5, 0.6) is 0 Å². The van der Waals surface area contributed by atoms with Crippen molar-refractivity contribution in [1.29, 1.82) is 0 Å². The van der Waals surface area contributed by atoms with Crippen LogP contribution in [-0.2, 0) is 31.9 Å². The normalized spacial score (nSPS) is 26.9. The largest absolute Gasteiger partial charge is 0.765 e. The molecular formula is C16H20NS-. The van der Waals surface area contributed by atoms with E-state index >= 15 is 0 Å². The molecule has 2 atom stereocenters. The van der Waals surface area contributed by atoms with Crippen molar-refractivity contribution < 1.29 is 0 Å². The third-order valence-corrected chi connectivity index (χ3v) is 5.16. The predicted octanol–water partition coefficient (Wildman–Crippen LogP) is 3.42. The molecule has 0 fully saturated rings. The Bertz CT molecular complexity index is 504. The van der Waals surface area contributed by atoms with Gasteiger partial charge in [-0.05, 0) is 66.2 Å². The molecule has 0 saturated carbocycles.